The van der Waals surface area contributed by atoms with Gasteiger partial charge in [-0.05, 0) is 90.8 Å². The second-order valence-corrected chi connectivity index (χ2v) is 18.1. The lowest BCUT2D eigenvalue weighted by molar-refractivity contribution is -0.140. The number of hydrogen-bond acceptors (Lipinski definition) is 12. The van der Waals surface area contributed by atoms with Crippen LogP contribution in [0.2, 0.25) is 0 Å². The number of likely N-dealkylation sites (tertiary alicyclic amines) is 1. The Morgan fingerprint density at radius 2 is 1.15 bits per heavy atom. The van der Waals surface area contributed by atoms with Gasteiger partial charge in [0.1, 0.15) is 0 Å². The number of esters is 1. The summed E-state index contributed by atoms with van der Waals surface area (Å²) in [7, 11) is 9.18. The Labute approximate surface area is 413 Å². The van der Waals surface area contributed by atoms with Crippen molar-refractivity contribution in [3.8, 4) is 0 Å². The lowest BCUT2D eigenvalue weighted by Gasteiger charge is -2.32. The number of alkyl carbamates (subject to hydrolysis) is 2. The minimum absolute atomic E-state index is 0.0810. The number of likely N-dealkylation sites (N-methyl/N-ethyl adjacent to an activating group) is 1. The van der Waals surface area contributed by atoms with Crippen molar-refractivity contribution in [3.63, 3.8) is 0 Å². The van der Waals surface area contributed by atoms with Crippen LogP contribution in [0, 0.1) is 11.8 Å². The number of hydrogen-bond donors (Lipinski definition) is 3. The molecule has 2 unspecified atom stereocenters. The second kappa shape index (κ2) is 55.9. The van der Waals surface area contributed by atoms with E-state index < -0.39 is 0 Å². The maximum absolute atomic E-state index is 11.3. The fourth-order valence-electron chi connectivity index (χ4n) is 6.56. The SMILES string of the molecule is CCC(CC(C)C)NC(C)=O.CCCCC(=O)OC.CCCCCOC.CCCCCOC.CCCCNC(=O)OCC1CCCN(C)C1.CCCCNC(=O)OCCCN1CCN(C)CC1. The van der Waals surface area contributed by atoms with Gasteiger partial charge in [0.15, 0.2) is 0 Å². The van der Waals surface area contributed by atoms with Gasteiger partial charge in [-0.15, -0.1) is 0 Å². The molecule has 15 heteroatoms. The maximum Gasteiger partial charge on any atom is 0.407 e. The van der Waals surface area contributed by atoms with E-state index in [4.69, 9.17) is 18.9 Å². The first-order chi connectivity index (χ1) is 32.1. The van der Waals surface area contributed by atoms with Gasteiger partial charge in [-0.2, -0.15) is 0 Å². The van der Waals surface area contributed by atoms with Crippen molar-refractivity contribution in [2.24, 2.45) is 11.8 Å². The summed E-state index contributed by atoms with van der Waals surface area (Å²) in [5.41, 5.74) is 0. The number of piperidine rings is 1. The van der Waals surface area contributed by atoms with Gasteiger partial charge in [-0.25, -0.2) is 9.59 Å². The number of unbranched alkanes of at least 4 members (excludes halogenated alkanes) is 7. The number of ether oxygens (including phenoxy) is 5. The van der Waals surface area contributed by atoms with E-state index in [1.54, 1.807) is 21.1 Å². The number of carbonyl (C=O) groups is 4. The summed E-state index contributed by atoms with van der Waals surface area (Å²) in [6, 6.07) is 0.368. The van der Waals surface area contributed by atoms with E-state index in [0.29, 0.717) is 44.1 Å². The van der Waals surface area contributed by atoms with E-state index in [1.165, 1.54) is 65.0 Å². The quantitative estimate of drug-likeness (QED) is 0.0407. The zero-order valence-corrected chi connectivity index (χ0v) is 46.2. The first-order valence-corrected chi connectivity index (χ1v) is 26.4. The van der Waals surface area contributed by atoms with Crippen LogP contribution in [0.15, 0.2) is 0 Å². The predicted octanol–water partition coefficient (Wildman–Crippen LogP) is 9.95. The van der Waals surface area contributed by atoms with Crippen molar-refractivity contribution >= 4 is 24.1 Å². The third-order valence-electron chi connectivity index (χ3n) is 10.7. The summed E-state index contributed by atoms with van der Waals surface area (Å²) in [6.45, 7) is 30.8. The number of nitrogens with zero attached hydrogens (tertiary/aromatic N) is 3. The van der Waals surface area contributed by atoms with Crippen LogP contribution in [0.3, 0.4) is 0 Å². The molecule has 2 fully saturated rings. The number of piperazine rings is 1. The van der Waals surface area contributed by atoms with E-state index >= 15 is 0 Å². The second-order valence-electron chi connectivity index (χ2n) is 18.1. The molecule has 0 saturated carbocycles. The van der Waals surface area contributed by atoms with Crippen molar-refractivity contribution in [1.29, 1.82) is 0 Å². The predicted molar refractivity (Wildman–Crippen MR) is 279 cm³/mol. The minimum Gasteiger partial charge on any atom is -0.469 e. The Kier molecular flexibility index (Phi) is 59.1. The number of rotatable bonds is 27. The maximum atomic E-state index is 11.3. The van der Waals surface area contributed by atoms with Crippen molar-refractivity contribution in [3.05, 3.63) is 0 Å². The highest BCUT2D eigenvalue weighted by Gasteiger charge is 2.18. The highest BCUT2D eigenvalue weighted by molar-refractivity contribution is 5.73. The molecule has 2 atom stereocenters. The monoisotopic (exact) mass is 963 g/mol. The molecule has 2 heterocycles. The standard InChI is InChI=1S/C13H27N3O2.C12H24N2O2.C9H19NO.C6H12O2.2C6H14O/c1-3-4-6-14-13(17)18-12-5-7-16-10-8-15(2)9-11-16;1-3-4-7-13-12(15)16-10-11-6-5-8-14(2)9-11;1-5-9(6-7(2)3)10-8(4)11;1-3-4-5-6(7)8-2;2*1-3-4-5-6-7-2/h3-12H2,1-2H3,(H,14,17);11H,3-10H2,1-2H3,(H,13,15);7,9H,5-6H2,1-4H3,(H,10,11);3-5H2,1-2H3;2*3-6H2,1-2H3. The van der Waals surface area contributed by atoms with Gasteiger partial charge in [0.25, 0.3) is 0 Å². The van der Waals surface area contributed by atoms with Crippen LogP contribution in [0.5, 0.6) is 0 Å². The third-order valence-corrected chi connectivity index (χ3v) is 10.7. The Balaban J connectivity index is -0.000000371. The van der Waals surface area contributed by atoms with Crippen molar-refractivity contribution < 1.29 is 42.9 Å². The zero-order valence-electron chi connectivity index (χ0n) is 46.2. The van der Waals surface area contributed by atoms with Crippen LogP contribution >= 0.6 is 0 Å². The van der Waals surface area contributed by atoms with Crippen molar-refractivity contribution in [2.45, 2.75) is 184 Å². The number of amides is 3. The number of nitrogens with one attached hydrogen (secondary N) is 3. The molecule has 3 amide bonds. The van der Waals surface area contributed by atoms with E-state index in [2.05, 4.69) is 97.9 Å². The molecular formula is C52H110N6O9. The van der Waals surface area contributed by atoms with Gasteiger partial charge < -0.3 is 54.3 Å². The molecular weight excluding hydrogens is 853 g/mol. The Bertz CT molecular complexity index is 1050. The average molecular weight is 963 g/mol. The first-order valence-electron chi connectivity index (χ1n) is 26.4. The van der Waals surface area contributed by atoms with Crippen LogP contribution in [-0.4, -0.2) is 166 Å². The molecule has 0 aromatic carbocycles. The molecule has 0 aromatic rings. The lowest BCUT2D eigenvalue weighted by atomic mass is 10.00. The molecule has 0 bridgehead atoms. The van der Waals surface area contributed by atoms with E-state index in [9.17, 15) is 19.2 Å². The molecule has 0 aromatic heterocycles. The molecule has 0 spiro atoms. The summed E-state index contributed by atoms with van der Waals surface area (Å²) in [4.78, 5) is 50.7. The molecule has 2 aliphatic rings. The van der Waals surface area contributed by atoms with Gasteiger partial charge in [0.2, 0.25) is 5.91 Å². The number of methoxy groups -OCH3 is 3. The third kappa shape index (κ3) is 59.3. The molecule has 67 heavy (non-hydrogen) atoms. The van der Waals surface area contributed by atoms with Gasteiger partial charge in [-0.3, -0.25) is 9.59 Å². The van der Waals surface area contributed by atoms with Crippen LogP contribution in [0.25, 0.3) is 0 Å². The summed E-state index contributed by atoms with van der Waals surface area (Å²) in [6.07, 6.45) is 19.2. The summed E-state index contributed by atoms with van der Waals surface area (Å²) in [5, 5.41) is 8.43. The summed E-state index contributed by atoms with van der Waals surface area (Å²) < 4.78 is 24.4. The van der Waals surface area contributed by atoms with Crippen molar-refractivity contribution in [2.75, 3.05) is 121 Å². The largest absolute Gasteiger partial charge is 0.469 e. The Morgan fingerprint density at radius 1 is 0.627 bits per heavy atom. The molecule has 2 rings (SSSR count). The highest BCUT2D eigenvalue weighted by atomic mass is 16.6. The van der Waals surface area contributed by atoms with Crippen LogP contribution in [0.4, 0.5) is 9.59 Å². The van der Waals surface area contributed by atoms with Gasteiger partial charge in [-0.1, -0.05) is 100 Å². The van der Waals surface area contributed by atoms with Crippen molar-refractivity contribution in [1.82, 2.24) is 30.7 Å². The topological polar surface area (TPSA) is 160 Å². The van der Waals surface area contributed by atoms with Crippen LogP contribution in [0.1, 0.15) is 178 Å². The Morgan fingerprint density at radius 3 is 1.58 bits per heavy atom. The smallest absolute Gasteiger partial charge is 0.407 e. The summed E-state index contributed by atoms with van der Waals surface area (Å²) in [5.74, 6) is 1.15. The van der Waals surface area contributed by atoms with E-state index in [0.717, 1.165) is 117 Å². The molecule has 15 nitrogen and oxygen atoms in total. The Hall–Kier alpha value is -2.72. The normalized spacial score (nSPS) is 15.1. The molecule has 3 N–H and O–H groups in total. The first kappa shape index (κ1) is 70.8. The molecule has 2 aliphatic heterocycles. The minimum atomic E-state index is -0.276. The van der Waals surface area contributed by atoms with E-state index in [-0.39, 0.29) is 24.1 Å². The molecule has 0 aliphatic carbocycles. The van der Waals surface area contributed by atoms with Gasteiger partial charge in [0.05, 0.1) is 20.3 Å². The average Bonchev–Trinajstić information content (AvgIpc) is 3.30. The van der Waals surface area contributed by atoms with Crippen LogP contribution in [-0.2, 0) is 33.3 Å². The van der Waals surface area contributed by atoms with Gasteiger partial charge in [0, 0.05) is 105 Å². The molecule has 402 valence electrons. The fourth-order valence-corrected chi connectivity index (χ4v) is 6.56. The summed E-state index contributed by atoms with van der Waals surface area (Å²) >= 11 is 0. The van der Waals surface area contributed by atoms with Crippen LogP contribution < -0.4 is 16.0 Å². The van der Waals surface area contributed by atoms with E-state index in [1.807, 2.05) is 6.92 Å². The molecule has 0 radical (unpaired) electrons. The zero-order chi connectivity index (χ0) is 51.4. The molecule has 2 saturated heterocycles. The fraction of sp³-hybridized carbons (Fsp3) is 0.923. The van der Waals surface area contributed by atoms with Gasteiger partial charge >= 0.3 is 18.2 Å². The number of carbonyl (C=O) groups excluding carboxylic acids is 4. The highest BCUT2D eigenvalue weighted by Crippen LogP contribution is 2.15. The lowest BCUT2D eigenvalue weighted by Crippen LogP contribution is -2.44.